The van der Waals surface area contributed by atoms with E-state index >= 15 is 0 Å². The van der Waals surface area contributed by atoms with Crippen LogP contribution in [0, 0.1) is 5.92 Å². The lowest BCUT2D eigenvalue weighted by Crippen LogP contribution is -2.36. The van der Waals surface area contributed by atoms with Crippen LogP contribution in [0.2, 0.25) is 0 Å². The van der Waals surface area contributed by atoms with Crippen molar-refractivity contribution in [3.63, 3.8) is 0 Å². The Morgan fingerprint density at radius 1 is 1.00 bits per heavy atom. The van der Waals surface area contributed by atoms with Crippen molar-refractivity contribution in [2.45, 2.75) is 55.4 Å². The van der Waals surface area contributed by atoms with Gasteiger partial charge in [-0.1, -0.05) is 19.3 Å². The van der Waals surface area contributed by atoms with Gasteiger partial charge < -0.3 is 5.73 Å². The highest BCUT2D eigenvalue weighted by Gasteiger charge is 2.41. The van der Waals surface area contributed by atoms with Crippen molar-refractivity contribution < 1.29 is 8.42 Å². The first kappa shape index (κ1) is 11.4. The van der Waals surface area contributed by atoms with Gasteiger partial charge in [0.25, 0.3) is 0 Å². The van der Waals surface area contributed by atoms with Crippen LogP contribution in [0.25, 0.3) is 0 Å². The Hall–Kier alpha value is -0.0900. The van der Waals surface area contributed by atoms with Crippen molar-refractivity contribution in [3.05, 3.63) is 0 Å². The number of rotatable bonds is 3. The van der Waals surface area contributed by atoms with E-state index in [-0.39, 0.29) is 16.4 Å². The van der Waals surface area contributed by atoms with Crippen LogP contribution in [0.5, 0.6) is 0 Å². The molecule has 2 fully saturated rings. The normalized spacial score (nSPS) is 33.7. The Kier molecular flexibility index (Phi) is 3.36. The van der Waals surface area contributed by atoms with E-state index in [4.69, 9.17) is 5.73 Å². The van der Waals surface area contributed by atoms with Crippen LogP contribution in [-0.2, 0) is 9.84 Å². The zero-order valence-electron chi connectivity index (χ0n) is 9.19. The maximum absolute atomic E-state index is 12.3. The monoisotopic (exact) mass is 231 g/mol. The lowest BCUT2D eigenvalue weighted by atomic mass is 10.1. The predicted molar refractivity (Wildman–Crippen MR) is 61.4 cm³/mol. The zero-order valence-corrected chi connectivity index (χ0v) is 10.0. The average Bonchev–Trinajstić information content (AvgIpc) is 2.89. The zero-order chi connectivity index (χ0) is 10.9. The summed E-state index contributed by atoms with van der Waals surface area (Å²) in [5.41, 5.74) is 5.66. The fourth-order valence-corrected chi connectivity index (χ4v) is 5.93. The molecule has 4 heteroatoms. The van der Waals surface area contributed by atoms with Gasteiger partial charge in [0.05, 0.1) is 10.5 Å². The van der Waals surface area contributed by atoms with Crippen molar-refractivity contribution in [1.29, 1.82) is 0 Å². The van der Waals surface area contributed by atoms with Gasteiger partial charge in [0.15, 0.2) is 9.84 Å². The Labute approximate surface area is 92.3 Å². The third kappa shape index (κ3) is 2.07. The molecule has 0 saturated heterocycles. The Morgan fingerprint density at radius 3 is 2.27 bits per heavy atom. The van der Waals surface area contributed by atoms with Crippen molar-refractivity contribution in [2.24, 2.45) is 11.7 Å². The molecule has 88 valence electrons. The topological polar surface area (TPSA) is 60.2 Å². The number of sulfone groups is 1. The highest BCUT2D eigenvalue weighted by atomic mass is 32.2. The molecule has 2 saturated carbocycles. The number of hydrogen-bond acceptors (Lipinski definition) is 3. The lowest BCUT2D eigenvalue weighted by molar-refractivity contribution is 0.513. The molecule has 3 nitrogen and oxygen atoms in total. The minimum Gasteiger partial charge on any atom is -0.330 e. The summed E-state index contributed by atoms with van der Waals surface area (Å²) in [6.45, 7) is 0.538. The first-order valence-electron chi connectivity index (χ1n) is 6.09. The van der Waals surface area contributed by atoms with Gasteiger partial charge in [-0.25, -0.2) is 8.42 Å². The van der Waals surface area contributed by atoms with E-state index in [1.54, 1.807) is 0 Å². The molecule has 0 amide bonds. The summed E-state index contributed by atoms with van der Waals surface area (Å²) in [4.78, 5) is 0. The summed E-state index contributed by atoms with van der Waals surface area (Å²) in [6.07, 6.45) is 6.84. The first-order valence-corrected chi connectivity index (χ1v) is 7.70. The van der Waals surface area contributed by atoms with E-state index in [9.17, 15) is 8.42 Å². The van der Waals surface area contributed by atoms with Crippen molar-refractivity contribution in [3.8, 4) is 0 Å². The van der Waals surface area contributed by atoms with Crippen LogP contribution in [0.3, 0.4) is 0 Å². The molecule has 0 bridgehead atoms. The van der Waals surface area contributed by atoms with Crippen LogP contribution in [0.1, 0.15) is 44.9 Å². The summed E-state index contributed by atoms with van der Waals surface area (Å²) in [5, 5.41) is -0.166. The van der Waals surface area contributed by atoms with Crippen molar-refractivity contribution >= 4 is 9.84 Å². The van der Waals surface area contributed by atoms with Gasteiger partial charge in [-0.2, -0.15) is 0 Å². The highest BCUT2D eigenvalue weighted by molar-refractivity contribution is 7.92. The highest BCUT2D eigenvalue weighted by Crippen LogP contribution is 2.36. The lowest BCUT2D eigenvalue weighted by Gasteiger charge is -2.22. The molecule has 2 atom stereocenters. The van der Waals surface area contributed by atoms with E-state index in [1.807, 2.05) is 0 Å². The fourth-order valence-electron chi connectivity index (χ4n) is 3.17. The summed E-state index contributed by atoms with van der Waals surface area (Å²) >= 11 is 0. The van der Waals surface area contributed by atoms with E-state index in [1.165, 1.54) is 0 Å². The molecule has 15 heavy (non-hydrogen) atoms. The molecule has 2 unspecified atom stereocenters. The molecule has 0 heterocycles. The largest absolute Gasteiger partial charge is 0.330 e. The molecule has 2 aliphatic carbocycles. The molecule has 0 radical (unpaired) electrons. The molecule has 2 N–H and O–H groups in total. The number of nitrogens with two attached hydrogens (primary N) is 1. The molecule has 0 aromatic rings. The fraction of sp³-hybridized carbons (Fsp3) is 1.00. The standard InChI is InChI=1S/C11H21NO2S/c12-8-9-4-3-7-11(9)15(13,14)10-5-1-2-6-10/h9-11H,1-8,12H2. The SMILES string of the molecule is NCC1CCCC1S(=O)(=O)C1CCCC1. The van der Waals surface area contributed by atoms with Gasteiger partial charge in [0.2, 0.25) is 0 Å². The van der Waals surface area contributed by atoms with Crippen molar-refractivity contribution in [1.82, 2.24) is 0 Å². The molecular weight excluding hydrogens is 210 g/mol. The molecule has 0 aromatic carbocycles. The van der Waals surface area contributed by atoms with Gasteiger partial charge in [0, 0.05) is 0 Å². The van der Waals surface area contributed by atoms with Crippen molar-refractivity contribution in [2.75, 3.05) is 6.54 Å². The van der Waals surface area contributed by atoms with Gasteiger partial charge in [-0.3, -0.25) is 0 Å². The maximum Gasteiger partial charge on any atom is 0.156 e. The van der Waals surface area contributed by atoms with Crippen LogP contribution >= 0.6 is 0 Å². The minimum absolute atomic E-state index is 0.0466. The van der Waals surface area contributed by atoms with E-state index in [2.05, 4.69) is 0 Å². The van der Waals surface area contributed by atoms with Crippen LogP contribution in [0.15, 0.2) is 0 Å². The van der Waals surface area contributed by atoms with Crippen LogP contribution < -0.4 is 5.73 Å². The van der Waals surface area contributed by atoms with Crippen LogP contribution in [0.4, 0.5) is 0 Å². The Balaban J connectivity index is 2.13. The second-order valence-corrected chi connectivity index (χ2v) is 7.41. The van der Waals surface area contributed by atoms with E-state index < -0.39 is 9.84 Å². The molecular formula is C11H21NO2S. The molecule has 0 spiro atoms. The molecule has 2 aliphatic rings. The Morgan fingerprint density at radius 2 is 1.67 bits per heavy atom. The van der Waals surface area contributed by atoms with Crippen LogP contribution in [-0.4, -0.2) is 25.5 Å². The minimum atomic E-state index is -2.88. The second-order valence-electron chi connectivity index (χ2n) is 4.96. The van der Waals surface area contributed by atoms with Gasteiger partial charge >= 0.3 is 0 Å². The summed E-state index contributed by atoms with van der Waals surface area (Å²) in [7, 11) is -2.88. The third-order valence-corrected chi connectivity index (χ3v) is 6.95. The summed E-state index contributed by atoms with van der Waals surface area (Å²) < 4.78 is 24.7. The van der Waals surface area contributed by atoms with E-state index in [0.717, 1.165) is 44.9 Å². The average molecular weight is 231 g/mol. The quantitative estimate of drug-likeness (QED) is 0.800. The maximum atomic E-state index is 12.3. The summed E-state index contributed by atoms with van der Waals surface area (Å²) in [5.74, 6) is 0.232. The molecule has 0 aromatic heterocycles. The van der Waals surface area contributed by atoms with Gasteiger partial charge in [0.1, 0.15) is 0 Å². The molecule has 0 aliphatic heterocycles. The summed E-state index contributed by atoms with van der Waals surface area (Å²) in [6, 6.07) is 0. The van der Waals surface area contributed by atoms with Gasteiger partial charge in [-0.15, -0.1) is 0 Å². The Bertz CT molecular complexity index is 307. The first-order chi connectivity index (χ1) is 7.16. The smallest absolute Gasteiger partial charge is 0.156 e. The predicted octanol–water partition coefficient (Wildman–Crippen LogP) is 1.47. The van der Waals surface area contributed by atoms with Gasteiger partial charge in [-0.05, 0) is 38.1 Å². The number of hydrogen-bond donors (Lipinski definition) is 1. The molecule has 2 rings (SSSR count). The third-order valence-electron chi connectivity index (χ3n) is 4.08. The second kappa shape index (κ2) is 4.42. The van der Waals surface area contributed by atoms with E-state index in [0.29, 0.717) is 6.54 Å².